The minimum absolute atomic E-state index is 0.301. The van der Waals surface area contributed by atoms with Gasteiger partial charge in [0.15, 0.2) is 0 Å². The van der Waals surface area contributed by atoms with Crippen molar-refractivity contribution in [2.75, 3.05) is 362 Å². The molecule has 764 valence electrons. The molecule has 11 saturated heterocycles. The average molecular weight is 1820 g/mol. The molecule has 1 aromatic carbocycles. The summed E-state index contributed by atoms with van der Waals surface area (Å²) < 4.78 is 5.16. The molecule has 29 heteroatoms. The molecule has 11 aliphatic heterocycles. The number of nitrogens with one attached hydrogen (secondary N) is 1. The van der Waals surface area contributed by atoms with E-state index in [2.05, 4.69) is 165 Å². The second kappa shape index (κ2) is 91.5. The van der Waals surface area contributed by atoms with Gasteiger partial charge in [-0.15, -0.1) is 0 Å². The van der Waals surface area contributed by atoms with Crippen molar-refractivity contribution in [3.63, 3.8) is 0 Å². The second-order valence-corrected chi connectivity index (χ2v) is 37.5. The Kier molecular flexibility index (Phi) is 90.1. The molecule has 12 rings (SSSR count). The number of piperidine rings is 4. The van der Waals surface area contributed by atoms with Crippen LogP contribution in [0.3, 0.4) is 0 Å². The first kappa shape index (κ1) is 126. The van der Waals surface area contributed by atoms with Crippen molar-refractivity contribution >= 4 is 0 Å². The van der Waals surface area contributed by atoms with Crippen LogP contribution in [0.1, 0.15) is 215 Å². The molecule has 0 aromatic heterocycles. The van der Waals surface area contributed by atoms with Gasteiger partial charge >= 0.3 is 0 Å². The Balaban J connectivity index is 0.00000137. The molecule has 128 heavy (non-hydrogen) atoms. The normalized spacial score (nSPS) is 21.8. The molecule has 11 heterocycles. The number of ether oxygens (including phenoxy) is 1. The molecular formula is C99H222N28O. The van der Waals surface area contributed by atoms with E-state index in [1.807, 2.05) is 21.0 Å². The van der Waals surface area contributed by atoms with Crippen LogP contribution >= 0.6 is 0 Å². The predicted molar refractivity (Wildman–Crippen MR) is 558 cm³/mol. The minimum Gasteiger partial charge on any atom is -0.379 e. The highest BCUT2D eigenvalue weighted by Gasteiger charge is 2.23. The van der Waals surface area contributed by atoms with E-state index in [4.69, 9.17) is 73.5 Å². The number of rotatable bonds is 36. The maximum absolute atomic E-state index is 5.86. The third-order valence-corrected chi connectivity index (χ3v) is 26.2. The molecule has 11 fully saturated rings. The van der Waals surface area contributed by atoms with E-state index < -0.39 is 0 Å². The summed E-state index contributed by atoms with van der Waals surface area (Å²) in [5.74, 6) is 0. The van der Waals surface area contributed by atoms with Crippen molar-refractivity contribution < 1.29 is 4.74 Å². The Labute approximate surface area is 792 Å². The van der Waals surface area contributed by atoms with Gasteiger partial charge in [0.2, 0.25) is 0 Å². The zero-order valence-corrected chi connectivity index (χ0v) is 86.3. The van der Waals surface area contributed by atoms with Crippen LogP contribution in [-0.4, -0.2) is 466 Å². The molecule has 0 amide bonds. The smallest absolute Gasteiger partial charge is 0.0594 e. The highest BCUT2D eigenvalue weighted by molar-refractivity contribution is 5.14. The maximum Gasteiger partial charge on any atom is 0.0594 e. The van der Waals surface area contributed by atoms with Crippen LogP contribution in [0, 0.1) is 0 Å². The van der Waals surface area contributed by atoms with Gasteiger partial charge in [0.25, 0.3) is 0 Å². The van der Waals surface area contributed by atoms with Crippen molar-refractivity contribution in [2.24, 2.45) is 68.8 Å². The van der Waals surface area contributed by atoms with Crippen LogP contribution in [0.4, 0.5) is 0 Å². The van der Waals surface area contributed by atoms with Crippen LogP contribution in [0.2, 0.25) is 0 Å². The standard InChI is InChI=1S/C12H25N3.C12H18N2.C9H20N2.C8H19N3.4C7H16N2.C7H18N2.C6H14N2O.C6H14N2.C6H16N2.C5H14N2/c1-2-7-14(8-3-1)9-4-10-15-11-5-13-6-12-15;13-12-6-8-14(9-7-12)10-11-4-2-1-3-5-11;1-9-5-2-3-7-11(9)8-4-6-10;1-10-5-7-11(8-6-10)4-2-3-9;1-9-6-2-3-7(9)4-5-8;1-2-9-5-3-4-7(9)6-8;8-4-3-7-9-5-1-2-6-9;8-4-7-9-5-2-1-3-6-9;1-3-9(4-2)7-5-6-8;7-1-2-8-3-5-9-6-4-8;7-3-6-8-4-1-2-5-8;1-3-8(4-2)6-5-7;1-5(6)4-7(2)3/h13H,1-12H2;1-5,12H,6-10,13H2;9H,2-8,10H2,1H3;2-9H2,1H3;2*7H,2-6,8H2,1H3;2*1-8H2;3-8H2,1-2H3;1-7H2;1-7H2;3-7H2,1-2H3;5H,4,6H2,1-3H3. The van der Waals surface area contributed by atoms with Crippen LogP contribution in [0.25, 0.3) is 0 Å². The van der Waals surface area contributed by atoms with E-state index in [1.165, 1.54) is 298 Å². The number of likely N-dealkylation sites (N-methyl/N-ethyl adjacent to an activating group) is 4. The highest BCUT2D eigenvalue weighted by atomic mass is 16.5. The fraction of sp³-hybridized carbons (Fsp3) is 0.939. The number of nitrogens with two attached hydrogens (primary N) is 12. The van der Waals surface area contributed by atoms with Crippen molar-refractivity contribution in [3.05, 3.63) is 35.9 Å². The fourth-order valence-corrected chi connectivity index (χ4v) is 17.9. The lowest BCUT2D eigenvalue weighted by atomic mass is 10.0. The average Bonchev–Trinajstić information content (AvgIpc) is 1.94. The Bertz CT molecular complexity index is 2240. The van der Waals surface area contributed by atoms with E-state index in [0.29, 0.717) is 18.1 Å². The monoisotopic (exact) mass is 1820 g/mol. The second-order valence-electron chi connectivity index (χ2n) is 37.5. The molecular weight excluding hydrogens is 1600 g/mol. The molecule has 25 N–H and O–H groups in total. The Morgan fingerprint density at radius 3 is 1.21 bits per heavy atom. The van der Waals surface area contributed by atoms with Crippen molar-refractivity contribution in [3.8, 4) is 0 Å². The SMILES string of the molecule is C1CCN(CCCN2CCNCC2)CC1.CC(N)CN(C)C.CC1CCCCN1CCCN.CCN(CC)CCCN.CCN(CC)CCN.CCN1CCCC1CN.CN1CCCC1CCN.CN1CCN(CCCN)CC1.NC1CCN(Cc2ccccc2)CC1.NCCCN1CCCC1.NCCN1CCCC1.NCCN1CCCCC1.NCCN1CCOCC1. The molecule has 0 bridgehead atoms. The third kappa shape index (κ3) is 73.3. The van der Waals surface area contributed by atoms with Crippen LogP contribution in [-0.2, 0) is 11.3 Å². The number of likely N-dealkylation sites (tertiary alicyclic amines) is 8. The van der Waals surface area contributed by atoms with Gasteiger partial charge in [0, 0.05) is 168 Å². The van der Waals surface area contributed by atoms with E-state index >= 15 is 0 Å². The van der Waals surface area contributed by atoms with E-state index in [0.717, 1.165) is 221 Å². The summed E-state index contributed by atoms with van der Waals surface area (Å²) in [5, 5.41) is 3.40. The number of hydrogen-bond acceptors (Lipinski definition) is 29. The van der Waals surface area contributed by atoms with Crippen molar-refractivity contribution in [2.45, 2.75) is 246 Å². The van der Waals surface area contributed by atoms with Crippen molar-refractivity contribution in [1.29, 1.82) is 0 Å². The number of piperazine rings is 2. The van der Waals surface area contributed by atoms with E-state index in [1.54, 1.807) is 0 Å². The van der Waals surface area contributed by atoms with Gasteiger partial charge < -0.3 is 138 Å². The first-order chi connectivity index (χ1) is 62.2. The summed E-state index contributed by atoms with van der Waals surface area (Å²) in [6, 6.07) is 13.7. The number of hydrogen-bond donors (Lipinski definition) is 13. The minimum atomic E-state index is 0.301. The highest BCUT2D eigenvalue weighted by Crippen LogP contribution is 2.19. The molecule has 1 aromatic rings. The Morgan fingerprint density at radius 1 is 0.391 bits per heavy atom. The quantitative estimate of drug-likeness (QED) is 0.0417. The third-order valence-electron chi connectivity index (χ3n) is 26.2. The fourth-order valence-electron chi connectivity index (χ4n) is 17.9. The van der Waals surface area contributed by atoms with E-state index in [9.17, 15) is 0 Å². The lowest BCUT2D eigenvalue weighted by Gasteiger charge is -2.33. The number of nitrogens with zero attached hydrogens (tertiary/aromatic N) is 15. The molecule has 4 unspecified atom stereocenters. The van der Waals surface area contributed by atoms with Gasteiger partial charge in [0.05, 0.1) is 13.2 Å². The largest absolute Gasteiger partial charge is 0.379 e. The number of morpholine rings is 1. The molecule has 0 spiro atoms. The van der Waals surface area contributed by atoms with Gasteiger partial charge in [-0.1, -0.05) is 84.2 Å². The molecule has 11 aliphatic rings. The summed E-state index contributed by atoms with van der Waals surface area (Å²) >= 11 is 0. The molecule has 4 atom stereocenters. The lowest BCUT2D eigenvalue weighted by Crippen LogP contribution is -2.44. The Hall–Kier alpha value is -1.94. The summed E-state index contributed by atoms with van der Waals surface area (Å²) in [7, 11) is 8.40. The zero-order valence-electron chi connectivity index (χ0n) is 86.3. The van der Waals surface area contributed by atoms with Gasteiger partial charge in [-0.3, -0.25) is 14.7 Å². The number of benzene rings is 1. The molecule has 0 aliphatic carbocycles. The maximum atomic E-state index is 5.86. The van der Waals surface area contributed by atoms with Crippen molar-refractivity contribution in [1.82, 2.24) is 78.8 Å². The Morgan fingerprint density at radius 2 is 0.812 bits per heavy atom. The first-order valence-electron chi connectivity index (χ1n) is 52.8. The van der Waals surface area contributed by atoms with E-state index in [-0.39, 0.29) is 0 Å². The van der Waals surface area contributed by atoms with Gasteiger partial charge in [0.1, 0.15) is 0 Å². The summed E-state index contributed by atoms with van der Waals surface area (Å²) in [4.78, 5) is 36.5. The van der Waals surface area contributed by atoms with Crippen LogP contribution in [0.5, 0.6) is 0 Å². The molecule has 0 saturated carbocycles. The topological polar surface area (TPSA) is 382 Å². The van der Waals surface area contributed by atoms with Crippen LogP contribution < -0.4 is 74.1 Å². The van der Waals surface area contributed by atoms with Gasteiger partial charge in [-0.25, -0.2) is 0 Å². The first-order valence-corrected chi connectivity index (χ1v) is 52.8. The predicted octanol–water partition coefficient (Wildman–Crippen LogP) is 5.07. The molecule has 0 radical (unpaired) electrons. The summed E-state index contributed by atoms with van der Waals surface area (Å²) in [6.45, 7) is 72.9. The molecule has 29 nitrogen and oxygen atoms in total. The zero-order chi connectivity index (χ0) is 94.5. The summed E-state index contributed by atoms with van der Waals surface area (Å²) in [6.07, 6.45) is 33.0. The van der Waals surface area contributed by atoms with Crippen LogP contribution in [0.15, 0.2) is 30.3 Å². The van der Waals surface area contributed by atoms with Gasteiger partial charge in [-0.2, -0.15) is 0 Å². The lowest BCUT2D eigenvalue weighted by molar-refractivity contribution is 0.0394. The van der Waals surface area contributed by atoms with Gasteiger partial charge in [-0.05, 0) is 379 Å². The summed E-state index contributed by atoms with van der Waals surface area (Å²) in [5.41, 5.74) is 66.9.